The summed E-state index contributed by atoms with van der Waals surface area (Å²) in [5.41, 5.74) is 2.97. The number of hydrogen-bond donors (Lipinski definition) is 0. The minimum atomic E-state index is -3.78. The third-order valence-corrected chi connectivity index (χ3v) is 6.81. The van der Waals surface area contributed by atoms with Crippen LogP contribution in [0.4, 0.5) is 0 Å². The molecule has 0 bridgehead atoms. The lowest BCUT2D eigenvalue weighted by Crippen LogP contribution is -2.30. The zero-order valence-corrected chi connectivity index (χ0v) is 17.6. The molecule has 1 aliphatic heterocycles. The smallest absolute Gasteiger partial charge is 0.243 e. The van der Waals surface area contributed by atoms with E-state index in [0.717, 1.165) is 17.5 Å². The van der Waals surface area contributed by atoms with Gasteiger partial charge in [-0.2, -0.15) is 4.31 Å². The number of nitrogens with zero attached hydrogens (tertiary/aromatic N) is 2. The Bertz CT molecular complexity index is 1100. The van der Waals surface area contributed by atoms with Crippen molar-refractivity contribution in [2.75, 3.05) is 13.2 Å². The summed E-state index contributed by atoms with van der Waals surface area (Å²) in [4.78, 5) is 4.30. The number of hydrogen-bond acceptors (Lipinski definition) is 5. The molecule has 0 amide bonds. The lowest BCUT2D eigenvalue weighted by atomic mass is 10.1. The van der Waals surface area contributed by atoms with Gasteiger partial charge in [0.2, 0.25) is 10.0 Å². The third kappa shape index (κ3) is 4.47. The molecule has 4 rings (SSSR count). The van der Waals surface area contributed by atoms with Gasteiger partial charge in [0.15, 0.2) is 11.5 Å². The Hall–Kier alpha value is -2.90. The van der Waals surface area contributed by atoms with Gasteiger partial charge >= 0.3 is 0 Å². The van der Waals surface area contributed by atoms with Crippen LogP contribution in [0.15, 0.2) is 71.9 Å². The Balaban J connectivity index is 1.67. The maximum atomic E-state index is 13.6. The molecule has 3 aromatic rings. The highest BCUT2D eigenvalue weighted by atomic mass is 32.2. The van der Waals surface area contributed by atoms with Crippen molar-refractivity contribution in [1.29, 1.82) is 0 Å². The van der Waals surface area contributed by atoms with Gasteiger partial charge < -0.3 is 9.47 Å². The van der Waals surface area contributed by atoms with Crippen LogP contribution in [0, 0.1) is 0 Å². The van der Waals surface area contributed by atoms with Crippen LogP contribution >= 0.6 is 0 Å². The average Bonchev–Trinajstić information content (AvgIpc) is 2.79. The van der Waals surface area contributed by atoms with E-state index in [1.54, 1.807) is 36.7 Å². The minimum Gasteiger partial charge on any atom is -0.486 e. The third-order valence-electron chi connectivity index (χ3n) is 5.02. The van der Waals surface area contributed by atoms with Gasteiger partial charge in [-0.05, 0) is 41.3 Å². The summed E-state index contributed by atoms with van der Waals surface area (Å²) >= 11 is 0. The summed E-state index contributed by atoms with van der Waals surface area (Å²) in [5, 5.41) is 0. The molecule has 0 radical (unpaired) electrons. The summed E-state index contributed by atoms with van der Waals surface area (Å²) < 4.78 is 39.7. The van der Waals surface area contributed by atoms with E-state index >= 15 is 0 Å². The van der Waals surface area contributed by atoms with Crippen LogP contribution < -0.4 is 9.47 Å². The largest absolute Gasteiger partial charge is 0.486 e. The fraction of sp³-hybridized carbons (Fsp3) is 0.261. The highest BCUT2D eigenvalue weighted by molar-refractivity contribution is 7.89. The number of aryl methyl sites for hydroxylation is 1. The van der Waals surface area contributed by atoms with Crippen molar-refractivity contribution in [3.63, 3.8) is 0 Å². The number of sulfonamides is 1. The molecule has 2 heterocycles. The molecule has 1 aliphatic rings. The molecular weight excluding hydrogens is 400 g/mol. The Labute approximate surface area is 177 Å². The first-order chi connectivity index (χ1) is 14.6. The van der Waals surface area contributed by atoms with Crippen molar-refractivity contribution in [1.82, 2.24) is 9.29 Å². The molecule has 156 valence electrons. The van der Waals surface area contributed by atoms with Crippen LogP contribution in [0.3, 0.4) is 0 Å². The van der Waals surface area contributed by atoms with Crippen molar-refractivity contribution < 1.29 is 17.9 Å². The van der Waals surface area contributed by atoms with Crippen LogP contribution in [0.5, 0.6) is 11.5 Å². The predicted molar refractivity (Wildman–Crippen MR) is 114 cm³/mol. The van der Waals surface area contributed by atoms with E-state index in [-0.39, 0.29) is 18.0 Å². The molecule has 6 nitrogen and oxygen atoms in total. The zero-order chi connectivity index (χ0) is 21.0. The average molecular weight is 425 g/mol. The van der Waals surface area contributed by atoms with Gasteiger partial charge in [-0.1, -0.05) is 37.3 Å². The predicted octanol–water partition coefficient (Wildman–Crippen LogP) is 3.81. The van der Waals surface area contributed by atoms with E-state index in [1.165, 1.54) is 9.87 Å². The SMILES string of the molecule is CCc1ccc(CN(Cc2cccnc2)S(=O)(=O)c2ccc3c(c2)OCCO3)cc1. The summed E-state index contributed by atoms with van der Waals surface area (Å²) in [6.07, 6.45) is 4.30. The number of pyridine rings is 1. The van der Waals surface area contributed by atoms with E-state index in [9.17, 15) is 8.42 Å². The molecule has 7 heteroatoms. The normalized spacial score (nSPS) is 13.4. The molecule has 0 unspecified atom stereocenters. The highest BCUT2D eigenvalue weighted by Crippen LogP contribution is 2.33. The number of benzene rings is 2. The Morgan fingerprint density at radius 2 is 1.60 bits per heavy atom. The van der Waals surface area contributed by atoms with Crippen molar-refractivity contribution in [3.8, 4) is 11.5 Å². The summed E-state index contributed by atoms with van der Waals surface area (Å²) in [6.45, 7) is 3.44. The lowest BCUT2D eigenvalue weighted by Gasteiger charge is -2.24. The molecule has 30 heavy (non-hydrogen) atoms. The molecule has 0 N–H and O–H groups in total. The van der Waals surface area contributed by atoms with Crippen molar-refractivity contribution in [3.05, 3.63) is 83.7 Å². The van der Waals surface area contributed by atoms with Crippen molar-refractivity contribution in [2.24, 2.45) is 0 Å². The summed E-state index contributed by atoms with van der Waals surface area (Å²) in [5.74, 6) is 1.02. The van der Waals surface area contributed by atoms with Crippen LogP contribution in [-0.4, -0.2) is 30.9 Å². The van der Waals surface area contributed by atoms with E-state index in [1.807, 2.05) is 30.3 Å². The minimum absolute atomic E-state index is 0.181. The molecule has 0 spiro atoms. The first-order valence-electron chi connectivity index (χ1n) is 9.93. The number of ether oxygens (including phenoxy) is 2. The maximum Gasteiger partial charge on any atom is 0.243 e. The second kappa shape index (κ2) is 8.85. The van der Waals surface area contributed by atoms with Gasteiger partial charge in [0.1, 0.15) is 13.2 Å². The van der Waals surface area contributed by atoms with E-state index in [2.05, 4.69) is 11.9 Å². The second-order valence-electron chi connectivity index (χ2n) is 7.11. The van der Waals surface area contributed by atoms with Crippen molar-refractivity contribution >= 4 is 10.0 Å². The summed E-state index contributed by atoms with van der Waals surface area (Å²) in [6, 6.07) is 16.5. The van der Waals surface area contributed by atoms with Gasteiger partial charge in [0.05, 0.1) is 4.90 Å². The standard InChI is InChI=1S/C23H24N2O4S/c1-2-18-5-7-19(8-6-18)16-25(17-20-4-3-11-24-15-20)30(26,27)21-9-10-22-23(14-21)29-13-12-28-22/h3-11,14-15H,2,12-13,16-17H2,1H3. The summed E-state index contributed by atoms with van der Waals surface area (Å²) in [7, 11) is -3.78. The topological polar surface area (TPSA) is 68.7 Å². The lowest BCUT2D eigenvalue weighted by molar-refractivity contribution is 0.171. The molecule has 0 atom stereocenters. The molecule has 0 saturated heterocycles. The van der Waals surface area contributed by atoms with E-state index < -0.39 is 10.0 Å². The highest BCUT2D eigenvalue weighted by Gasteiger charge is 2.27. The number of aromatic nitrogens is 1. The zero-order valence-electron chi connectivity index (χ0n) is 16.8. The quantitative estimate of drug-likeness (QED) is 0.577. The molecular formula is C23H24N2O4S. The second-order valence-corrected chi connectivity index (χ2v) is 9.05. The van der Waals surface area contributed by atoms with Crippen LogP contribution in [-0.2, 0) is 29.5 Å². The first-order valence-corrected chi connectivity index (χ1v) is 11.4. The Kier molecular flexibility index (Phi) is 6.01. The van der Waals surface area contributed by atoms with E-state index in [0.29, 0.717) is 24.7 Å². The molecule has 2 aromatic carbocycles. The van der Waals surface area contributed by atoms with Gasteiger partial charge in [-0.15, -0.1) is 0 Å². The molecule has 1 aromatic heterocycles. The maximum absolute atomic E-state index is 13.6. The van der Waals surface area contributed by atoms with Gasteiger partial charge in [0.25, 0.3) is 0 Å². The molecule has 0 saturated carbocycles. The van der Waals surface area contributed by atoms with Gasteiger partial charge in [-0.25, -0.2) is 8.42 Å². The Morgan fingerprint density at radius 1 is 0.900 bits per heavy atom. The number of fused-ring (bicyclic) bond motifs is 1. The monoisotopic (exact) mass is 424 g/mol. The van der Waals surface area contributed by atoms with Crippen LogP contribution in [0.2, 0.25) is 0 Å². The van der Waals surface area contributed by atoms with Crippen LogP contribution in [0.1, 0.15) is 23.6 Å². The number of rotatable bonds is 7. The Morgan fingerprint density at radius 3 is 2.30 bits per heavy atom. The fourth-order valence-corrected chi connectivity index (χ4v) is 4.77. The van der Waals surface area contributed by atoms with E-state index in [4.69, 9.17) is 9.47 Å². The fourth-order valence-electron chi connectivity index (χ4n) is 3.34. The first kappa shape index (κ1) is 20.4. The van der Waals surface area contributed by atoms with Gasteiger partial charge in [0, 0.05) is 31.5 Å². The van der Waals surface area contributed by atoms with Crippen LogP contribution in [0.25, 0.3) is 0 Å². The van der Waals surface area contributed by atoms with Crippen molar-refractivity contribution in [2.45, 2.75) is 31.3 Å². The molecule has 0 aliphatic carbocycles. The molecule has 0 fully saturated rings. The van der Waals surface area contributed by atoms with Gasteiger partial charge in [-0.3, -0.25) is 4.98 Å².